The van der Waals surface area contributed by atoms with Crippen LogP contribution in [0.25, 0.3) is 10.9 Å². The lowest BCUT2D eigenvalue weighted by Crippen LogP contribution is -2.16. The molecule has 7 heteroatoms. The summed E-state index contributed by atoms with van der Waals surface area (Å²) in [7, 11) is 1.80. The van der Waals surface area contributed by atoms with Crippen molar-refractivity contribution in [3.63, 3.8) is 0 Å². The van der Waals surface area contributed by atoms with Crippen LogP contribution < -0.4 is 14.8 Å². The van der Waals surface area contributed by atoms with Gasteiger partial charge in [0.2, 0.25) is 0 Å². The molecule has 0 aliphatic carbocycles. The highest BCUT2D eigenvalue weighted by Crippen LogP contribution is 2.34. The van der Waals surface area contributed by atoms with E-state index in [1.165, 1.54) is 0 Å². The van der Waals surface area contributed by atoms with Crippen LogP contribution in [0.3, 0.4) is 0 Å². The molecule has 0 aliphatic heterocycles. The molecule has 152 valence electrons. The van der Waals surface area contributed by atoms with E-state index in [1.54, 1.807) is 20.5 Å². The van der Waals surface area contributed by atoms with E-state index in [2.05, 4.69) is 71.5 Å². The molecular weight excluding hydrogens is 402 g/mol. The van der Waals surface area contributed by atoms with Gasteiger partial charge in [-0.2, -0.15) is 0 Å². The molecule has 2 aromatic carbocycles. The highest BCUT2D eigenvalue weighted by atomic mass is 35.5. The van der Waals surface area contributed by atoms with Gasteiger partial charge in [0.1, 0.15) is 20.2 Å². The van der Waals surface area contributed by atoms with Gasteiger partial charge >= 0.3 is 0 Å². The fourth-order valence-electron chi connectivity index (χ4n) is 2.70. The van der Waals surface area contributed by atoms with Gasteiger partial charge in [-0.3, -0.25) is 0 Å². The van der Waals surface area contributed by atoms with Gasteiger partial charge in [-0.25, -0.2) is 9.97 Å². The minimum absolute atomic E-state index is 0. The number of nitrogens with zero attached hydrogens (tertiary/aromatic N) is 2. The van der Waals surface area contributed by atoms with E-state index in [0.29, 0.717) is 17.3 Å². The number of hydrogen-bond donors (Lipinski definition) is 1. The van der Waals surface area contributed by atoms with Crippen LogP contribution in [0.2, 0.25) is 19.6 Å². The van der Waals surface area contributed by atoms with Gasteiger partial charge in [-0.1, -0.05) is 31.6 Å². The van der Waals surface area contributed by atoms with Crippen molar-refractivity contribution in [3.05, 3.63) is 47.8 Å². The van der Waals surface area contributed by atoms with Crippen LogP contribution in [-0.2, 0) is 0 Å². The maximum absolute atomic E-state index is 5.43. The molecule has 0 spiro atoms. The Hall–Kier alpha value is -2.75. The normalized spacial score (nSPS) is 10.6. The first kappa shape index (κ1) is 22.5. The third kappa shape index (κ3) is 5.40. The van der Waals surface area contributed by atoms with Gasteiger partial charge in [0.05, 0.1) is 19.7 Å². The summed E-state index contributed by atoms with van der Waals surface area (Å²) in [6.45, 7) is 8.77. The number of halogens is 1. The van der Waals surface area contributed by atoms with Gasteiger partial charge in [0, 0.05) is 22.7 Å². The molecule has 0 radical (unpaired) electrons. The molecule has 1 aromatic heterocycles. The van der Waals surface area contributed by atoms with E-state index in [0.717, 1.165) is 27.7 Å². The minimum atomic E-state index is -1.43. The second kappa shape index (κ2) is 9.16. The van der Waals surface area contributed by atoms with E-state index in [1.807, 2.05) is 12.1 Å². The summed E-state index contributed by atoms with van der Waals surface area (Å²) in [5, 5.41) is 4.30. The van der Waals surface area contributed by atoms with Crippen molar-refractivity contribution in [1.82, 2.24) is 9.97 Å². The van der Waals surface area contributed by atoms with Crippen molar-refractivity contribution in [3.8, 4) is 23.0 Å². The third-order valence-electron chi connectivity index (χ3n) is 4.21. The highest BCUT2D eigenvalue weighted by Gasteiger charge is 2.12. The molecular formula is C22H26ClN3O2Si. The number of benzene rings is 2. The fraction of sp³-hybridized carbons (Fsp3) is 0.273. The zero-order valence-corrected chi connectivity index (χ0v) is 19.4. The Balaban J connectivity index is 0.00000300. The molecule has 0 atom stereocenters. The maximum atomic E-state index is 5.43. The SMILES string of the molecule is COc1cc2ncnc(Nc3cc(C#C[Si](C)(C)C)ccc3C)c2cc1OC.Cl. The topological polar surface area (TPSA) is 56.3 Å². The number of methoxy groups -OCH3 is 2. The third-order valence-corrected chi connectivity index (χ3v) is 5.09. The molecule has 5 nitrogen and oxygen atoms in total. The van der Waals surface area contributed by atoms with Crippen LogP contribution in [-0.4, -0.2) is 32.3 Å². The van der Waals surface area contributed by atoms with E-state index in [4.69, 9.17) is 9.47 Å². The molecule has 0 unspecified atom stereocenters. The average molecular weight is 428 g/mol. The zero-order valence-electron chi connectivity index (χ0n) is 17.6. The molecule has 0 amide bonds. The number of aryl methyl sites for hydroxylation is 1. The van der Waals surface area contributed by atoms with Crippen LogP contribution in [0.5, 0.6) is 11.5 Å². The summed E-state index contributed by atoms with van der Waals surface area (Å²) < 4.78 is 10.8. The van der Waals surface area contributed by atoms with E-state index in [9.17, 15) is 0 Å². The molecule has 3 rings (SSSR count). The van der Waals surface area contributed by atoms with Crippen molar-refractivity contribution < 1.29 is 9.47 Å². The number of fused-ring (bicyclic) bond motifs is 1. The zero-order chi connectivity index (χ0) is 20.3. The molecule has 0 fully saturated rings. The van der Waals surface area contributed by atoms with Crippen molar-refractivity contribution in [1.29, 1.82) is 0 Å². The lowest BCUT2D eigenvalue weighted by molar-refractivity contribution is 0.356. The van der Waals surface area contributed by atoms with Crippen molar-refractivity contribution in [2.75, 3.05) is 19.5 Å². The summed E-state index contributed by atoms with van der Waals surface area (Å²) in [6, 6.07) is 9.94. The summed E-state index contributed by atoms with van der Waals surface area (Å²) in [5.74, 6) is 5.30. The second-order valence-corrected chi connectivity index (χ2v) is 12.4. The summed E-state index contributed by atoms with van der Waals surface area (Å²) >= 11 is 0. The van der Waals surface area contributed by atoms with Crippen LogP contribution in [0.15, 0.2) is 36.7 Å². The molecule has 3 aromatic rings. The molecule has 1 heterocycles. The molecule has 0 aliphatic rings. The minimum Gasteiger partial charge on any atom is -0.493 e. The average Bonchev–Trinajstić information content (AvgIpc) is 2.67. The van der Waals surface area contributed by atoms with Crippen molar-refractivity contribution in [2.45, 2.75) is 26.6 Å². The predicted octanol–water partition coefficient (Wildman–Crippen LogP) is 5.35. The van der Waals surface area contributed by atoms with Crippen molar-refractivity contribution >= 4 is 42.9 Å². The Bertz CT molecular complexity index is 1090. The Kier molecular flexibility index (Phi) is 7.12. The first-order valence-corrected chi connectivity index (χ1v) is 12.6. The van der Waals surface area contributed by atoms with Gasteiger partial charge in [0.15, 0.2) is 11.5 Å². The Morgan fingerprint density at radius 3 is 2.31 bits per heavy atom. The van der Waals surface area contributed by atoms with E-state index >= 15 is 0 Å². The Morgan fingerprint density at radius 2 is 1.66 bits per heavy atom. The first-order chi connectivity index (χ1) is 13.3. The van der Waals surface area contributed by atoms with E-state index in [-0.39, 0.29) is 12.4 Å². The summed E-state index contributed by atoms with van der Waals surface area (Å²) in [5.41, 5.74) is 7.27. The Labute approximate surface area is 179 Å². The number of ether oxygens (including phenoxy) is 2. The number of hydrogen-bond acceptors (Lipinski definition) is 5. The molecule has 0 bridgehead atoms. The number of anilines is 2. The maximum Gasteiger partial charge on any atom is 0.162 e. The smallest absolute Gasteiger partial charge is 0.162 e. The van der Waals surface area contributed by atoms with Crippen LogP contribution >= 0.6 is 12.4 Å². The van der Waals surface area contributed by atoms with Gasteiger partial charge in [0.25, 0.3) is 0 Å². The molecule has 29 heavy (non-hydrogen) atoms. The van der Waals surface area contributed by atoms with Gasteiger partial charge < -0.3 is 14.8 Å². The summed E-state index contributed by atoms with van der Waals surface area (Å²) in [4.78, 5) is 8.80. The highest BCUT2D eigenvalue weighted by molar-refractivity contribution is 6.83. The monoisotopic (exact) mass is 427 g/mol. The van der Waals surface area contributed by atoms with Gasteiger partial charge in [-0.05, 0) is 30.7 Å². The Morgan fingerprint density at radius 1 is 0.966 bits per heavy atom. The second-order valence-electron chi connectivity index (χ2n) is 7.60. The summed E-state index contributed by atoms with van der Waals surface area (Å²) in [6.07, 6.45) is 1.54. The van der Waals surface area contributed by atoms with Crippen LogP contribution in [0, 0.1) is 18.4 Å². The van der Waals surface area contributed by atoms with Gasteiger partial charge in [-0.15, -0.1) is 18.0 Å². The number of nitrogens with one attached hydrogen (secondary N) is 1. The van der Waals surface area contributed by atoms with Crippen molar-refractivity contribution in [2.24, 2.45) is 0 Å². The standard InChI is InChI=1S/C22H25N3O2Si.ClH/c1-15-7-8-16(9-10-28(4,5)6)11-18(15)25-22-17-12-20(26-2)21(27-3)13-19(17)23-14-24-22;/h7-8,11-14H,1-6H3,(H,23,24,25);1H. The number of aromatic nitrogens is 2. The largest absolute Gasteiger partial charge is 0.493 e. The fourth-order valence-corrected chi connectivity index (χ4v) is 3.22. The lowest BCUT2D eigenvalue weighted by atomic mass is 10.1. The van der Waals surface area contributed by atoms with Crippen LogP contribution in [0.4, 0.5) is 11.5 Å². The molecule has 0 saturated carbocycles. The molecule has 1 N–H and O–H groups in total. The number of rotatable bonds is 4. The van der Waals surface area contributed by atoms with E-state index < -0.39 is 8.07 Å². The first-order valence-electron chi connectivity index (χ1n) is 9.08. The van der Waals surface area contributed by atoms with Crippen LogP contribution in [0.1, 0.15) is 11.1 Å². The molecule has 0 saturated heterocycles. The quantitative estimate of drug-likeness (QED) is 0.449. The predicted molar refractivity (Wildman–Crippen MR) is 125 cm³/mol. The lowest BCUT2D eigenvalue weighted by Gasteiger charge is -2.13.